The first-order valence-corrected chi connectivity index (χ1v) is 7.58. The van der Waals surface area contributed by atoms with Gasteiger partial charge < -0.3 is 15.2 Å². The van der Waals surface area contributed by atoms with Gasteiger partial charge in [-0.25, -0.2) is 0 Å². The number of nitrogens with one attached hydrogen (secondary N) is 1. The topological polar surface area (TPSA) is 66.2 Å². The van der Waals surface area contributed by atoms with Crippen LogP contribution in [-0.2, 0) is 4.74 Å². The average Bonchev–Trinajstić information content (AvgIpc) is 2.55. The fourth-order valence-corrected chi connectivity index (χ4v) is 2.40. The van der Waals surface area contributed by atoms with Gasteiger partial charge in [0.1, 0.15) is 0 Å². The number of benzene rings is 1. The van der Waals surface area contributed by atoms with Crippen LogP contribution in [0.15, 0.2) is 70.1 Å². The molecule has 0 spiro atoms. The van der Waals surface area contributed by atoms with Crippen LogP contribution in [0.5, 0.6) is 0 Å². The Kier molecular flexibility index (Phi) is 4.90. The molecule has 0 aromatic heterocycles. The van der Waals surface area contributed by atoms with Gasteiger partial charge in [0.05, 0.1) is 24.3 Å². The van der Waals surface area contributed by atoms with Crippen LogP contribution in [0.25, 0.3) is 0 Å². The average molecular weight is 330 g/mol. The Balaban J connectivity index is 1.73. The van der Waals surface area contributed by atoms with Gasteiger partial charge in [-0.1, -0.05) is 17.7 Å². The largest absolute Gasteiger partial charge is 0.475 e. The smallest absolute Gasteiger partial charge is 0.190 e. The van der Waals surface area contributed by atoms with Crippen molar-refractivity contribution in [2.75, 3.05) is 11.9 Å². The van der Waals surface area contributed by atoms with Crippen molar-refractivity contribution in [2.24, 2.45) is 9.98 Å². The number of rotatable bonds is 4. The predicted molar refractivity (Wildman–Crippen MR) is 92.9 cm³/mol. The van der Waals surface area contributed by atoms with Crippen LogP contribution in [-0.4, -0.2) is 29.9 Å². The van der Waals surface area contributed by atoms with Gasteiger partial charge in [0, 0.05) is 35.1 Å². The van der Waals surface area contributed by atoms with Crippen LogP contribution in [0.1, 0.15) is 6.42 Å². The normalized spacial score (nSPS) is 21.7. The number of aliphatic hydroxyl groups excluding tert-OH is 1. The lowest BCUT2D eigenvalue weighted by atomic mass is 10.2. The molecule has 1 aromatic carbocycles. The minimum absolute atomic E-state index is 0.0908. The molecule has 5 nitrogen and oxygen atoms in total. The maximum Gasteiger partial charge on any atom is 0.190 e. The second-order valence-corrected chi connectivity index (χ2v) is 5.45. The lowest BCUT2D eigenvalue weighted by molar-refractivity contribution is 0.206. The highest BCUT2D eigenvalue weighted by molar-refractivity contribution is 6.30. The zero-order valence-electron chi connectivity index (χ0n) is 12.3. The highest BCUT2D eigenvalue weighted by Crippen LogP contribution is 2.19. The molecule has 2 aliphatic rings. The Morgan fingerprint density at radius 1 is 1.43 bits per heavy atom. The van der Waals surface area contributed by atoms with E-state index >= 15 is 0 Å². The molecule has 0 radical (unpaired) electrons. The van der Waals surface area contributed by atoms with Gasteiger partial charge in [0.15, 0.2) is 6.23 Å². The molecule has 118 valence electrons. The Morgan fingerprint density at radius 3 is 3.17 bits per heavy atom. The first kappa shape index (κ1) is 15.5. The molecular weight excluding hydrogens is 314 g/mol. The van der Waals surface area contributed by atoms with E-state index in [0.29, 0.717) is 17.1 Å². The summed E-state index contributed by atoms with van der Waals surface area (Å²) in [7, 11) is 0. The van der Waals surface area contributed by atoms with Gasteiger partial charge >= 0.3 is 0 Å². The Morgan fingerprint density at radius 2 is 2.35 bits per heavy atom. The minimum Gasteiger partial charge on any atom is -0.475 e. The molecule has 23 heavy (non-hydrogen) atoms. The number of aliphatic imine (C=N–C) groups is 2. The first-order valence-electron chi connectivity index (χ1n) is 7.20. The van der Waals surface area contributed by atoms with Gasteiger partial charge in [-0.3, -0.25) is 9.98 Å². The van der Waals surface area contributed by atoms with Crippen LogP contribution < -0.4 is 5.32 Å². The summed E-state index contributed by atoms with van der Waals surface area (Å²) in [5.74, 6) is 0. The zero-order valence-corrected chi connectivity index (χ0v) is 13.1. The summed E-state index contributed by atoms with van der Waals surface area (Å²) >= 11 is 5.98. The minimum atomic E-state index is -0.323. The molecule has 1 aromatic rings. The van der Waals surface area contributed by atoms with Crippen LogP contribution in [0.3, 0.4) is 0 Å². The lowest BCUT2D eigenvalue weighted by Gasteiger charge is -2.19. The highest BCUT2D eigenvalue weighted by Gasteiger charge is 2.11. The van der Waals surface area contributed by atoms with Crippen LogP contribution in [0.4, 0.5) is 5.69 Å². The molecule has 6 heteroatoms. The van der Waals surface area contributed by atoms with Crippen molar-refractivity contribution in [3.63, 3.8) is 0 Å². The summed E-state index contributed by atoms with van der Waals surface area (Å²) in [4.78, 5) is 8.66. The number of hydrogen-bond donors (Lipinski definition) is 2. The van der Waals surface area contributed by atoms with E-state index in [0.717, 1.165) is 17.1 Å². The van der Waals surface area contributed by atoms with Crippen LogP contribution >= 0.6 is 11.6 Å². The van der Waals surface area contributed by atoms with E-state index < -0.39 is 0 Å². The van der Waals surface area contributed by atoms with Gasteiger partial charge in [-0.2, -0.15) is 0 Å². The number of hydrogen-bond acceptors (Lipinski definition) is 5. The summed E-state index contributed by atoms with van der Waals surface area (Å²) in [6.45, 7) is -0.0908. The van der Waals surface area contributed by atoms with Crippen molar-refractivity contribution in [3.05, 3.63) is 65.2 Å². The summed E-state index contributed by atoms with van der Waals surface area (Å²) in [6.07, 6.45) is 9.14. The maximum atomic E-state index is 9.14. The van der Waals surface area contributed by atoms with Crippen molar-refractivity contribution in [1.82, 2.24) is 0 Å². The second kappa shape index (κ2) is 7.26. The molecule has 0 amide bonds. The third-order valence-corrected chi connectivity index (χ3v) is 3.48. The molecule has 0 fully saturated rings. The van der Waals surface area contributed by atoms with E-state index in [4.69, 9.17) is 21.4 Å². The number of anilines is 1. The molecule has 0 saturated carbocycles. The molecule has 1 atom stereocenters. The number of aliphatic hydroxyl groups is 1. The van der Waals surface area contributed by atoms with E-state index in [9.17, 15) is 0 Å². The summed E-state index contributed by atoms with van der Waals surface area (Å²) in [6, 6.07) is 7.44. The van der Waals surface area contributed by atoms with E-state index in [2.05, 4.69) is 15.3 Å². The van der Waals surface area contributed by atoms with E-state index in [1.54, 1.807) is 24.6 Å². The first-order chi connectivity index (χ1) is 11.2. The molecule has 0 saturated heterocycles. The maximum absolute atomic E-state index is 9.14. The fourth-order valence-electron chi connectivity index (χ4n) is 2.21. The fraction of sp³-hybridized carbons (Fsp3) is 0.176. The molecule has 0 bridgehead atoms. The Bertz CT molecular complexity index is 735. The third-order valence-electron chi connectivity index (χ3n) is 3.25. The van der Waals surface area contributed by atoms with Crippen molar-refractivity contribution in [2.45, 2.75) is 12.6 Å². The molecule has 2 heterocycles. The molecule has 2 N–H and O–H groups in total. The van der Waals surface area contributed by atoms with Gasteiger partial charge in [0.2, 0.25) is 0 Å². The van der Waals surface area contributed by atoms with Crippen molar-refractivity contribution in [3.8, 4) is 0 Å². The van der Waals surface area contributed by atoms with E-state index in [1.165, 1.54) is 0 Å². The van der Waals surface area contributed by atoms with Gasteiger partial charge in [-0.15, -0.1) is 0 Å². The predicted octanol–water partition coefficient (Wildman–Crippen LogP) is 3.30. The standard InChI is InChI=1S/C17H16ClN3O2/c18-12-2-1-3-13(8-12)21-17-10-15(5-7-23-17)20-14-4-6-19-16(9-14)11-22/h1-3,5-10,17,21-22H,4,11H2. The van der Waals surface area contributed by atoms with Gasteiger partial charge in [0.25, 0.3) is 0 Å². The number of halogens is 1. The van der Waals surface area contributed by atoms with Gasteiger partial charge in [-0.05, 0) is 30.4 Å². The molecular formula is C17H16ClN3O2. The SMILES string of the molecule is OCC1=CC(=NC2=CC(Nc3cccc(Cl)c3)OC=C2)CC=N1. The van der Waals surface area contributed by atoms with Crippen molar-refractivity contribution >= 4 is 29.2 Å². The Labute approximate surface area is 139 Å². The number of ether oxygens (including phenoxy) is 1. The number of nitrogens with zero attached hydrogens (tertiary/aromatic N) is 2. The monoisotopic (exact) mass is 329 g/mol. The number of allylic oxidation sites excluding steroid dienone is 2. The third kappa shape index (κ3) is 4.31. The van der Waals surface area contributed by atoms with Crippen molar-refractivity contribution in [1.29, 1.82) is 0 Å². The van der Waals surface area contributed by atoms with Crippen molar-refractivity contribution < 1.29 is 9.84 Å². The summed E-state index contributed by atoms with van der Waals surface area (Å²) < 4.78 is 5.52. The Hall–Kier alpha value is -2.37. The summed E-state index contributed by atoms with van der Waals surface area (Å²) in [5.41, 5.74) is 3.12. The second-order valence-electron chi connectivity index (χ2n) is 5.02. The van der Waals surface area contributed by atoms with E-state index in [-0.39, 0.29) is 12.8 Å². The quantitative estimate of drug-likeness (QED) is 0.890. The zero-order chi connectivity index (χ0) is 16.1. The lowest BCUT2D eigenvalue weighted by Crippen LogP contribution is -2.20. The van der Waals surface area contributed by atoms with E-state index in [1.807, 2.05) is 30.3 Å². The van der Waals surface area contributed by atoms with Crippen LogP contribution in [0.2, 0.25) is 5.02 Å². The molecule has 1 unspecified atom stereocenters. The molecule has 0 aliphatic carbocycles. The van der Waals surface area contributed by atoms with Crippen LogP contribution in [0, 0.1) is 0 Å². The molecule has 3 rings (SSSR count). The summed E-state index contributed by atoms with van der Waals surface area (Å²) in [5, 5.41) is 13.0. The highest BCUT2D eigenvalue weighted by atomic mass is 35.5. The molecule has 2 aliphatic heterocycles.